The number of ether oxygens (including phenoxy) is 1. The number of rotatable bonds is 3. The maximum absolute atomic E-state index is 9.51. The van der Waals surface area contributed by atoms with Gasteiger partial charge < -0.3 is 25.4 Å². The highest BCUT2D eigenvalue weighted by Gasteiger charge is 2.21. The molecule has 0 radical (unpaired) electrons. The summed E-state index contributed by atoms with van der Waals surface area (Å²) in [6, 6.07) is 6.13. The van der Waals surface area contributed by atoms with Gasteiger partial charge in [0.25, 0.3) is 0 Å². The molecule has 1 aliphatic carbocycles. The predicted octanol–water partition coefficient (Wildman–Crippen LogP) is 2.16. The molecule has 1 heterocycles. The zero-order valence-corrected chi connectivity index (χ0v) is 14.1. The van der Waals surface area contributed by atoms with E-state index in [0.717, 1.165) is 25.1 Å². The lowest BCUT2D eigenvalue weighted by molar-refractivity contribution is -0.159. The molecule has 0 amide bonds. The highest BCUT2D eigenvalue weighted by atomic mass is 16.5. The van der Waals surface area contributed by atoms with Gasteiger partial charge in [0.1, 0.15) is 17.6 Å². The van der Waals surface area contributed by atoms with Crippen molar-refractivity contribution in [2.45, 2.75) is 57.1 Å². The fraction of sp³-hybridized carbons (Fsp3) is 0.556. The monoisotopic (exact) mass is 351 g/mol. The molecule has 3 rings (SSSR count). The van der Waals surface area contributed by atoms with Gasteiger partial charge in [-0.25, -0.2) is 9.59 Å². The number of aromatic hydroxyl groups is 1. The summed E-state index contributed by atoms with van der Waals surface area (Å²) in [5, 5.41) is 27.9. The Balaban J connectivity index is 0.000000326. The Labute approximate surface area is 146 Å². The lowest BCUT2D eigenvalue weighted by Gasteiger charge is -2.29. The Morgan fingerprint density at radius 1 is 1.08 bits per heavy atom. The van der Waals surface area contributed by atoms with E-state index in [1.54, 1.807) is 12.1 Å². The largest absolute Gasteiger partial charge is 0.508 e. The summed E-state index contributed by atoms with van der Waals surface area (Å²) in [7, 11) is 0. The molecule has 0 spiro atoms. The van der Waals surface area contributed by atoms with Crippen molar-refractivity contribution in [3.05, 3.63) is 23.8 Å². The van der Waals surface area contributed by atoms with Crippen molar-refractivity contribution < 1.29 is 29.6 Å². The third-order valence-electron chi connectivity index (χ3n) is 4.50. The standard InChI is InChI=1S/C16H23NO2.C2H2O4/c18-14-8-6-12-7-9-15(19-16(12)10-14)11-17-13-4-2-1-3-5-13;3-1(4)2(5)6/h6,8,10,13,15,17-18H,1-5,7,9,11H2;(H,3,4)(H,5,6). The van der Waals surface area contributed by atoms with Crippen LogP contribution >= 0.6 is 0 Å². The van der Waals surface area contributed by atoms with Gasteiger partial charge in [0.15, 0.2) is 0 Å². The Hall–Kier alpha value is -2.28. The van der Waals surface area contributed by atoms with Gasteiger partial charge >= 0.3 is 11.9 Å². The summed E-state index contributed by atoms with van der Waals surface area (Å²) in [5.41, 5.74) is 1.21. The molecule has 0 saturated heterocycles. The number of carboxylic acid groups (broad SMARTS) is 2. The highest BCUT2D eigenvalue weighted by Crippen LogP contribution is 2.30. The molecule has 0 aromatic heterocycles. The van der Waals surface area contributed by atoms with Gasteiger partial charge in [-0.3, -0.25) is 0 Å². The van der Waals surface area contributed by atoms with E-state index in [2.05, 4.69) is 5.32 Å². The number of aliphatic carboxylic acids is 2. The normalized spacial score (nSPS) is 19.8. The van der Waals surface area contributed by atoms with Gasteiger partial charge in [-0.05, 0) is 37.3 Å². The van der Waals surface area contributed by atoms with Crippen LogP contribution in [0.5, 0.6) is 11.5 Å². The lowest BCUT2D eigenvalue weighted by Crippen LogP contribution is -2.40. The fourth-order valence-corrected chi connectivity index (χ4v) is 3.16. The number of fused-ring (bicyclic) bond motifs is 1. The molecule has 0 bridgehead atoms. The summed E-state index contributed by atoms with van der Waals surface area (Å²) in [6.07, 6.45) is 9.10. The number of carbonyl (C=O) groups is 2. The number of benzene rings is 1. The number of aryl methyl sites for hydroxylation is 1. The van der Waals surface area contributed by atoms with Crippen LogP contribution < -0.4 is 10.1 Å². The SMILES string of the molecule is O=C(O)C(=O)O.Oc1ccc2c(c1)OC(CNC1CCCCC1)CC2. The molecule has 25 heavy (non-hydrogen) atoms. The number of nitrogens with one attached hydrogen (secondary N) is 1. The van der Waals surface area contributed by atoms with Crippen LogP contribution in [-0.2, 0) is 16.0 Å². The fourth-order valence-electron chi connectivity index (χ4n) is 3.16. The number of hydrogen-bond donors (Lipinski definition) is 4. The second-order valence-electron chi connectivity index (χ2n) is 6.42. The molecule has 138 valence electrons. The van der Waals surface area contributed by atoms with E-state index >= 15 is 0 Å². The van der Waals surface area contributed by atoms with Crippen molar-refractivity contribution in [3.8, 4) is 11.5 Å². The summed E-state index contributed by atoms with van der Waals surface area (Å²) in [6.45, 7) is 0.930. The summed E-state index contributed by atoms with van der Waals surface area (Å²) in [4.78, 5) is 18.2. The average Bonchev–Trinajstić information content (AvgIpc) is 2.61. The first kappa shape index (κ1) is 19.1. The van der Waals surface area contributed by atoms with Crippen LogP contribution in [0.1, 0.15) is 44.1 Å². The van der Waals surface area contributed by atoms with E-state index in [1.807, 2.05) is 6.07 Å². The van der Waals surface area contributed by atoms with Gasteiger partial charge in [-0.2, -0.15) is 0 Å². The Morgan fingerprint density at radius 2 is 1.76 bits per heavy atom. The molecule has 1 fully saturated rings. The van der Waals surface area contributed by atoms with E-state index < -0.39 is 11.9 Å². The Bertz CT molecular complexity index is 585. The van der Waals surface area contributed by atoms with Crippen LogP contribution in [0.15, 0.2) is 18.2 Å². The average molecular weight is 351 g/mol. The molecule has 4 N–H and O–H groups in total. The first-order valence-electron chi connectivity index (χ1n) is 8.64. The zero-order chi connectivity index (χ0) is 18.2. The minimum atomic E-state index is -1.82. The van der Waals surface area contributed by atoms with E-state index in [-0.39, 0.29) is 6.10 Å². The van der Waals surface area contributed by atoms with Crippen molar-refractivity contribution >= 4 is 11.9 Å². The smallest absolute Gasteiger partial charge is 0.414 e. The van der Waals surface area contributed by atoms with Gasteiger partial charge in [0.2, 0.25) is 0 Å². The van der Waals surface area contributed by atoms with E-state index in [9.17, 15) is 5.11 Å². The molecule has 1 atom stereocenters. The van der Waals surface area contributed by atoms with Crippen molar-refractivity contribution in [3.63, 3.8) is 0 Å². The van der Waals surface area contributed by atoms with Crippen LogP contribution in [0.3, 0.4) is 0 Å². The highest BCUT2D eigenvalue weighted by molar-refractivity contribution is 6.27. The Morgan fingerprint density at radius 3 is 2.40 bits per heavy atom. The first-order chi connectivity index (χ1) is 12.0. The van der Waals surface area contributed by atoms with Crippen LogP contribution in [0.25, 0.3) is 0 Å². The summed E-state index contributed by atoms with van der Waals surface area (Å²) < 4.78 is 5.98. The maximum Gasteiger partial charge on any atom is 0.414 e. The molecular weight excluding hydrogens is 326 g/mol. The van der Waals surface area contributed by atoms with Crippen LogP contribution in [0, 0.1) is 0 Å². The lowest BCUT2D eigenvalue weighted by atomic mass is 9.95. The first-order valence-corrected chi connectivity index (χ1v) is 8.64. The molecule has 7 heteroatoms. The third-order valence-corrected chi connectivity index (χ3v) is 4.50. The second kappa shape index (κ2) is 9.27. The molecule has 7 nitrogen and oxygen atoms in total. The second-order valence-corrected chi connectivity index (χ2v) is 6.42. The van der Waals surface area contributed by atoms with Crippen LogP contribution in [0.4, 0.5) is 0 Å². The van der Waals surface area contributed by atoms with E-state index in [1.165, 1.54) is 37.7 Å². The maximum atomic E-state index is 9.51. The quantitative estimate of drug-likeness (QED) is 0.617. The van der Waals surface area contributed by atoms with Gasteiger partial charge in [-0.1, -0.05) is 25.3 Å². The Kier molecular flexibility index (Phi) is 7.06. The number of phenolic OH excluding ortho intramolecular Hbond substituents is 1. The molecule has 1 aromatic carbocycles. The molecule has 1 unspecified atom stereocenters. The minimum Gasteiger partial charge on any atom is -0.508 e. The van der Waals surface area contributed by atoms with Crippen LogP contribution in [-0.4, -0.2) is 45.9 Å². The number of phenols is 1. The topological polar surface area (TPSA) is 116 Å². The van der Waals surface area contributed by atoms with Crippen molar-refractivity contribution in [1.29, 1.82) is 0 Å². The zero-order valence-electron chi connectivity index (χ0n) is 14.1. The van der Waals surface area contributed by atoms with Crippen molar-refractivity contribution in [2.24, 2.45) is 0 Å². The minimum absolute atomic E-state index is 0.247. The van der Waals surface area contributed by atoms with E-state index in [0.29, 0.717) is 11.8 Å². The summed E-state index contributed by atoms with van der Waals surface area (Å²) in [5.74, 6) is -2.49. The third kappa shape index (κ3) is 6.26. The van der Waals surface area contributed by atoms with Gasteiger partial charge in [-0.15, -0.1) is 0 Å². The molecule has 2 aliphatic rings. The molecule has 1 aliphatic heterocycles. The van der Waals surface area contributed by atoms with Gasteiger partial charge in [0.05, 0.1) is 0 Å². The van der Waals surface area contributed by atoms with Crippen molar-refractivity contribution in [2.75, 3.05) is 6.54 Å². The summed E-state index contributed by atoms with van der Waals surface area (Å²) >= 11 is 0. The molecule has 1 saturated carbocycles. The van der Waals surface area contributed by atoms with Crippen LogP contribution in [0.2, 0.25) is 0 Å². The number of hydrogen-bond acceptors (Lipinski definition) is 5. The molecule has 1 aromatic rings. The van der Waals surface area contributed by atoms with Crippen molar-refractivity contribution in [1.82, 2.24) is 5.32 Å². The molecular formula is C18H25NO6. The predicted molar refractivity (Wildman–Crippen MR) is 91.0 cm³/mol. The van der Waals surface area contributed by atoms with Gasteiger partial charge in [0, 0.05) is 18.7 Å². The van der Waals surface area contributed by atoms with E-state index in [4.69, 9.17) is 24.5 Å². The number of carboxylic acids is 2.